The van der Waals surface area contributed by atoms with Gasteiger partial charge in [0.2, 0.25) is 0 Å². The maximum atomic E-state index is 13.6. The van der Waals surface area contributed by atoms with E-state index in [9.17, 15) is 18.0 Å². The topological polar surface area (TPSA) is 69.0 Å². The third-order valence-electron chi connectivity index (χ3n) is 4.08. The van der Waals surface area contributed by atoms with Crippen LogP contribution < -0.4 is 9.47 Å². The molecule has 0 bridgehead atoms. The molecule has 3 rings (SSSR count). The molecular weight excluding hydrogens is 377 g/mol. The van der Waals surface area contributed by atoms with E-state index < -0.39 is 17.8 Å². The Kier molecular flexibility index (Phi) is 4.88. The van der Waals surface area contributed by atoms with Crippen molar-refractivity contribution in [3.05, 3.63) is 41.7 Å². The molecule has 3 aromatic rings. The van der Waals surface area contributed by atoms with Crippen molar-refractivity contribution in [1.29, 1.82) is 0 Å². The highest BCUT2D eigenvalue weighted by atomic mass is 19.4. The van der Waals surface area contributed by atoms with Gasteiger partial charge in [-0.05, 0) is 24.3 Å². The van der Waals surface area contributed by atoms with Gasteiger partial charge in [-0.15, -0.1) is 0 Å². The minimum Gasteiger partial charge on any atom is -0.493 e. The number of alkyl halides is 3. The van der Waals surface area contributed by atoms with Crippen molar-refractivity contribution in [2.24, 2.45) is 0 Å². The summed E-state index contributed by atoms with van der Waals surface area (Å²) in [5.74, 6) is 0.268. The molecule has 1 aromatic carbocycles. The molecule has 0 aliphatic heterocycles. The molecule has 2 aromatic heterocycles. The van der Waals surface area contributed by atoms with Crippen molar-refractivity contribution in [2.75, 3.05) is 28.3 Å². The van der Waals surface area contributed by atoms with Crippen LogP contribution in [0.1, 0.15) is 16.1 Å². The number of methoxy groups -OCH3 is 2. The molecule has 148 valence electrons. The molecule has 2 heterocycles. The first-order valence-electron chi connectivity index (χ1n) is 8.07. The average Bonchev–Trinajstić information content (AvgIpc) is 3.08. The van der Waals surface area contributed by atoms with Crippen molar-refractivity contribution in [1.82, 2.24) is 19.5 Å². The van der Waals surface area contributed by atoms with E-state index >= 15 is 0 Å². The summed E-state index contributed by atoms with van der Waals surface area (Å²) in [5.41, 5.74) is -0.861. The third-order valence-corrected chi connectivity index (χ3v) is 4.08. The van der Waals surface area contributed by atoms with Crippen LogP contribution in [-0.4, -0.2) is 53.7 Å². The van der Waals surface area contributed by atoms with Crippen LogP contribution in [-0.2, 0) is 6.18 Å². The third kappa shape index (κ3) is 3.32. The molecule has 0 radical (unpaired) electrons. The van der Waals surface area contributed by atoms with Gasteiger partial charge in [0.15, 0.2) is 22.8 Å². The fourth-order valence-corrected chi connectivity index (χ4v) is 2.70. The second kappa shape index (κ2) is 7.02. The van der Waals surface area contributed by atoms with Gasteiger partial charge >= 0.3 is 6.18 Å². The van der Waals surface area contributed by atoms with E-state index in [-0.39, 0.29) is 16.9 Å². The molecule has 28 heavy (non-hydrogen) atoms. The van der Waals surface area contributed by atoms with Gasteiger partial charge in [-0.2, -0.15) is 18.3 Å². The van der Waals surface area contributed by atoms with Crippen LogP contribution in [0.2, 0.25) is 0 Å². The van der Waals surface area contributed by atoms with Gasteiger partial charge in [-0.1, -0.05) is 0 Å². The van der Waals surface area contributed by atoms with E-state index in [1.54, 1.807) is 12.1 Å². The van der Waals surface area contributed by atoms with Crippen LogP contribution in [0.25, 0.3) is 16.9 Å². The number of hydrogen-bond acceptors (Lipinski definition) is 5. The number of rotatable bonds is 4. The normalized spacial score (nSPS) is 11.5. The molecule has 0 unspecified atom stereocenters. The van der Waals surface area contributed by atoms with E-state index in [1.165, 1.54) is 39.3 Å². The molecule has 1 amide bonds. The highest BCUT2D eigenvalue weighted by Crippen LogP contribution is 2.35. The summed E-state index contributed by atoms with van der Waals surface area (Å²) < 4.78 is 51.8. The predicted octanol–water partition coefficient (Wildman–Crippen LogP) is 3.13. The lowest BCUT2D eigenvalue weighted by atomic mass is 10.1. The van der Waals surface area contributed by atoms with Gasteiger partial charge < -0.3 is 14.4 Å². The van der Waals surface area contributed by atoms with Crippen molar-refractivity contribution < 1.29 is 27.4 Å². The Morgan fingerprint density at radius 2 is 1.79 bits per heavy atom. The maximum absolute atomic E-state index is 13.6. The summed E-state index contributed by atoms with van der Waals surface area (Å²) in [7, 11) is 5.86. The predicted molar refractivity (Wildman–Crippen MR) is 94.5 cm³/mol. The number of nitrogens with zero attached hydrogens (tertiary/aromatic N) is 4. The summed E-state index contributed by atoms with van der Waals surface area (Å²) in [5, 5.41) is 3.73. The van der Waals surface area contributed by atoms with Gasteiger partial charge in [0.25, 0.3) is 5.91 Å². The van der Waals surface area contributed by atoms with E-state index in [0.717, 1.165) is 12.3 Å². The Labute approximate surface area is 158 Å². The van der Waals surface area contributed by atoms with Crippen LogP contribution in [0.5, 0.6) is 11.5 Å². The number of hydrogen-bond donors (Lipinski definition) is 0. The van der Waals surface area contributed by atoms with Crippen LogP contribution in [0.3, 0.4) is 0 Å². The molecule has 0 aliphatic carbocycles. The van der Waals surface area contributed by atoms with Crippen molar-refractivity contribution >= 4 is 11.6 Å². The fourth-order valence-electron chi connectivity index (χ4n) is 2.70. The van der Waals surface area contributed by atoms with Crippen LogP contribution in [0.4, 0.5) is 13.2 Å². The number of fused-ring (bicyclic) bond motifs is 1. The number of halogens is 3. The van der Waals surface area contributed by atoms with Gasteiger partial charge in [0.1, 0.15) is 5.56 Å². The molecular formula is C18H17F3N4O3. The quantitative estimate of drug-likeness (QED) is 0.680. The van der Waals surface area contributed by atoms with Crippen molar-refractivity contribution in [3.8, 4) is 22.8 Å². The molecule has 10 heteroatoms. The SMILES string of the molecule is COc1ccc(-c2cc(C(F)(F)F)n3ncc(C(=O)N(C)C)c3n2)cc1OC. The van der Waals surface area contributed by atoms with Gasteiger partial charge in [0.05, 0.1) is 26.1 Å². The number of ether oxygens (including phenoxy) is 2. The maximum Gasteiger partial charge on any atom is 0.433 e. The zero-order valence-corrected chi connectivity index (χ0v) is 15.5. The van der Waals surface area contributed by atoms with E-state index in [4.69, 9.17) is 9.47 Å². The first-order chi connectivity index (χ1) is 13.2. The lowest BCUT2D eigenvalue weighted by molar-refractivity contribution is -0.142. The highest BCUT2D eigenvalue weighted by molar-refractivity contribution is 5.99. The molecule has 0 fully saturated rings. The van der Waals surface area contributed by atoms with Crippen LogP contribution in [0.15, 0.2) is 30.5 Å². The van der Waals surface area contributed by atoms with Crippen molar-refractivity contribution in [2.45, 2.75) is 6.18 Å². The summed E-state index contributed by atoms with van der Waals surface area (Å²) in [6.45, 7) is 0. The Morgan fingerprint density at radius 1 is 1.11 bits per heavy atom. The summed E-state index contributed by atoms with van der Waals surface area (Å²) in [6.07, 6.45) is -3.62. The largest absolute Gasteiger partial charge is 0.493 e. The van der Waals surface area contributed by atoms with E-state index in [2.05, 4.69) is 10.1 Å². The van der Waals surface area contributed by atoms with Gasteiger partial charge in [0, 0.05) is 19.7 Å². The van der Waals surface area contributed by atoms with Crippen LogP contribution in [0, 0.1) is 0 Å². The summed E-state index contributed by atoms with van der Waals surface area (Å²) in [4.78, 5) is 17.8. The second-order valence-corrected chi connectivity index (χ2v) is 6.09. The monoisotopic (exact) mass is 394 g/mol. The molecule has 0 aliphatic rings. The number of aromatic nitrogens is 3. The standard InChI is InChI=1S/C18H17F3N4O3/c1-24(2)17(26)11-9-22-25-15(18(19,20)21)8-12(23-16(11)25)10-5-6-13(27-3)14(7-10)28-4/h5-9H,1-4H3. The number of amides is 1. The second-order valence-electron chi connectivity index (χ2n) is 6.09. The minimum atomic E-state index is -4.70. The lowest BCUT2D eigenvalue weighted by Gasteiger charge is -2.14. The van der Waals surface area contributed by atoms with Gasteiger partial charge in [-0.25, -0.2) is 9.50 Å². The smallest absolute Gasteiger partial charge is 0.433 e. The number of benzene rings is 1. The van der Waals surface area contributed by atoms with Crippen molar-refractivity contribution in [3.63, 3.8) is 0 Å². The Balaban J connectivity index is 2.29. The number of carbonyl (C=O) groups excluding carboxylic acids is 1. The molecule has 0 atom stereocenters. The highest BCUT2D eigenvalue weighted by Gasteiger charge is 2.36. The average molecular weight is 394 g/mol. The number of carbonyl (C=O) groups is 1. The minimum absolute atomic E-state index is 0.0223. The molecule has 0 saturated carbocycles. The van der Waals surface area contributed by atoms with E-state index in [0.29, 0.717) is 21.6 Å². The first-order valence-corrected chi connectivity index (χ1v) is 8.07. The lowest BCUT2D eigenvalue weighted by Crippen LogP contribution is -2.22. The van der Waals surface area contributed by atoms with Crippen LogP contribution >= 0.6 is 0 Å². The Hall–Kier alpha value is -3.30. The van der Waals surface area contributed by atoms with Gasteiger partial charge in [-0.3, -0.25) is 4.79 Å². The zero-order valence-electron chi connectivity index (χ0n) is 15.5. The Bertz CT molecular complexity index is 1040. The molecule has 0 saturated heterocycles. The Morgan fingerprint density at radius 3 is 2.36 bits per heavy atom. The fraction of sp³-hybridized carbons (Fsp3) is 0.278. The summed E-state index contributed by atoms with van der Waals surface area (Å²) in [6, 6.07) is 5.52. The zero-order chi connectivity index (χ0) is 20.6. The summed E-state index contributed by atoms with van der Waals surface area (Å²) >= 11 is 0. The first kappa shape index (κ1) is 19.5. The molecule has 0 N–H and O–H groups in total. The van der Waals surface area contributed by atoms with E-state index in [1.807, 2.05) is 0 Å². The molecule has 7 nitrogen and oxygen atoms in total. The molecule has 0 spiro atoms.